The van der Waals surface area contributed by atoms with E-state index in [1.807, 2.05) is 32.9 Å². The van der Waals surface area contributed by atoms with E-state index < -0.39 is 21.9 Å². The molecule has 0 heterocycles. The first kappa shape index (κ1) is 24.0. The van der Waals surface area contributed by atoms with E-state index >= 15 is 0 Å². The van der Waals surface area contributed by atoms with Crippen LogP contribution < -0.4 is 5.32 Å². The Bertz CT molecular complexity index is 1060. The van der Waals surface area contributed by atoms with Gasteiger partial charge in [0.05, 0.1) is 23.6 Å². The molecular weight excluding hydrogens is 472 g/mol. The largest absolute Gasteiger partial charge is 0.462 e. The Kier molecular flexibility index (Phi) is 7.79. The Balaban J connectivity index is 2.19. The van der Waals surface area contributed by atoms with E-state index in [0.29, 0.717) is 5.69 Å². The van der Waals surface area contributed by atoms with Crippen LogP contribution in [0.1, 0.15) is 34.0 Å². The number of carbonyl (C=O) groups is 2. The molecule has 0 unspecified atom stereocenters. The summed E-state index contributed by atoms with van der Waals surface area (Å²) in [7, 11) is -2.64. The van der Waals surface area contributed by atoms with Gasteiger partial charge in [-0.25, -0.2) is 13.2 Å². The number of rotatable bonds is 7. The monoisotopic (exact) mass is 496 g/mol. The molecule has 0 fully saturated rings. The Morgan fingerprint density at radius 2 is 1.70 bits per heavy atom. The lowest BCUT2D eigenvalue weighted by Gasteiger charge is -2.19. The highest BCUT2D eigenvalue weighted by Crippen LogP contribution is 2.26. The van der Waals surface area contributed by atoms with Gasteiger partial charge < -0.3 is 10.1 Å². The number of carbonyl (C=O) groups excluding carboxylic acids is 2. The molecule has 2 aromatic carbocycles. The maximum absolute atomic E-state index is 12.9. The van der Waals surface area contributed by atoms with E-state index in [1.54, 1.807) is 6.92 Å². The summed E-state index contributed by atoms with van der Waals surface area (Å²) < 4.78 is 31.9. The fourth-order valence-corrected chi connectivity index (χ4v) is 5.22. The summed E-state index contributed by atoms with van der Waals surface area (Å²) in [6.07, 6.45) is 0. The number of nitrogens with zero attached hydrogens (tertiary/aromatic N) is 1. The summed E-state index contributed by atoms with van der Waals surface area (Å²) in [6, 6.07) is 7.98. The van der Waals surface area contributed by atoms with Crippen molar-refractivity contribution in [1.29, 1.82) is 0 Å². The summed E-state index contributed by atoms with van der Waals surface area (Å²) in [5.74, 6) is -0.992. The summed E-state index contributed by atoms with van der Waals surface area (Å²) in [5, 5.41) is 2.79. The molecule has 0 saturated heterocycles. The number of nitrogens with one attached hydrogen (secondary N) is 1. The van der Waals surface area contributed by atoms with Gasteiger partial charge in [-0.1, -0.05) is 17.7 Å². The van der Waals surface area contributed by atoms with Crippen LogP contribution >= 0.6 is 15.9 Å². The second kappa shape index (κ2) is 9.72. The summed E-state index contributed by atoms with van der Waals surface area (Å²) >= 11 is 3.20. The molecule has 0 saturated carbocycles. The molecule has 1 amide bonds. The molecule has 162 valence electrons. The van der Waals surface area contributed by atoms with Crippen molar-refractivity contribution >= 4 is 43.5 Å². The molecule has 1 N–H and O–H groups in total. The lowest BCUT2D eigenvalue weighted by molar-refractivity contribution is -0.116. The molecule has 0 aliphatic carbocycles. The molecule has 0 aliphatic heterocycles. The van der Waals surface area contributed by atoms with Gasteiger partial charge in [0, 0.05) is 17.2 Å². The zero-order chi connectivity index (χ0) is 22.6. The first-order valence-corrected chi connectivity index (χ1v) is 11.5. The zero-order valence-corrected chi connectivity index (χ0v) is 20.0. The molecule has 9 heteroatoms. The zero-order valence-electron chi connectivity index (χ0n) is 17.6. The minimum atomic E-state index is -3.97. The molecule has 0 bridgehead atoms. The van der Waals surface area contributed by atoms with Crippen LogP contribution in [0.4, 0.5) is 5.69 Å². The van der Waals surface area contributed by atoms with Gasteiger partial charge >= 0.3 is 5.97 Å². The van der Waals surface area contributed by atoms with Crippen LogP contribution in [0.3, 0.4) is 0 Å². The van der Waals surface area contributed by atoms with Crippen molar-refractivity contribution in [2.45, 2.75) is 32.6 Å². The summed E-state index contributed by atoms with van der Waals surface area (Å²) in [4.78, 5) is 24.3. The van der Waals surface area contributed by atoms with E-state index in [4.69, 9.17) is 4.74 Å². The first-order chi connectivity index (χ1) is 14.0. The molecule has 2 aromatic rings. The summed E-state index contributed by atoms with van der Waals surface area (Å²) in [5.41, 5.74) is 3.80. The van der Waals surface area contributed by atoms with Gasteiger partial charge in [0.15, 0.2) is 0 Å². The number of benzene rings is 2. The second-order valence-corrected chi connectivity index (χ2v) is 9.82. The van der Waals surface area contributed by atoms with Gasteiger partial charge in [-0.2, -0.15) is 4.31 Å². The maximum atomic E-state index is 12.9. The normalized spacial score (nSPS) is 11.4. The fraction of sp³-hybridized carbons (Fsp3) is 0.333. The predicted octanol–water partition coefficient (Wildman–Crippen LogP) is 3.81. The van der Waals surface area contributed by atoms with Crippen molar-refractivity contribution < 1.29 is 22.7 Å². The Hall–Kier alpha value is -2.23. The third-order valence-electron chi connectivity index (χ3n) is 4.44. The second-order valence-electron chi connectivity index (χ2n) is 6.95. The number of hydrogen-bond acceptors (Lipinski definition) is 5. The highest BCUT2D eigenvalue weighted by Gasteiger charge is 2.26. The van der Waals surface area contributed by atoms with Crippen LogP contribution in [-0.2, 0) is 19.6 Å². The third-order valence-corrected chi connectivity index (χ3v) is 7.22. The topological polar surface area (TPSA) is 92.8 Å². The molecule has 30 heavy (non-hydrogen) atoms. The van der Waals surface area contributed by atoms with Gasteiger partial charge in [-0.3, -0.25) is 4.79 Å². The van der Waals surface area contributed by atoms with Crippen LogP contribution in [0.2, 0.25) is 0 Å². The van der Waals surface area contributed by atoms with Crippen LogP contribution in [0.25, 0.3) is 0 Å². The minimum Gasteiger partial charge on any atom is -0.462 e. The van der Waals surface area contributed by atoms with E-state index in [-0.39, 0.29) is 28.1 Å². The lowest BCUT2D eigenvalue weighted by Crippen LogP contribution is -2.35. The molecular formula is C21H25BrN2O5S. The van der Waals surface area contributed by atoms with Gasteiger partial charge in [0.25, 0.3) is 0 Å². The number of amides is 1. The molecule has 0 radical (unpaired) electrons. The van der Waals surface area contributed by atoms with Gasteiger partial charge in [-0.15, -0.1) is 0 Å². The predicted molar refractivity (Wildman–Crippen MR) is 119 cm³/mol. The van der Waals surface area contributed by atoms with Gasteiger partial charge in [0.1, 0.15) is 0 Å². The van der Waals surface area contributed by atoms with E-state index in [0.717, 1.165) is 21.0 Å². The Morgan fingerprint density at radius 3 is 2.23 bits per heavy atom. The molecule has 0 atom stereocenters. The van der Waals surface area contributed by atoms with E-state index in [2.05, 4.69) is 21.2 Å². The number of esters is 1. The number of anilines is 1. The van der Waals surface area contributed by atoms with Crippen molar-refractivity contribution in [1.82, 2.24) is 4.31 Å². The van der Waals surface area contributed by atoms with Crippen LogP contribution in [0.15, 0.2) is 39.7 Å². The molecule has 7 nitrogen and oxygen atoms in total. The van der Waals surface area contributed by atoms with Gasteiger partial charge in [-0.05, 0) is 73.0 Å². The van der Waals surface area contributed by atoms with Crippen molar-refractivity contribution in [2.24, 2.45) is 0 Å². The van der Waals surface area contributed by atoms with E-state index in [1.165, 1.54) is 25.2 Å². The quantitative estimate of drug-likeness (QED) is 0.588. The molecule has 0 spiro atoms. The van der Waals surface area contributed by atoms with Crippen LogP contribution in [-0.4, -0.2) is 44.8 Å². The lowest BCUT2D eigenvalue weighted by atomic mass is 10.1. The SMILES string of the molecule is CCOC(=O)c1ccc(S(=O)(=O)N(C)CC(=O)Nc2c(C)cc(C)cc2C)c(Br)c1. The fourth-order valence-electron chi connectivity index (χ4n) is 3.06. The Morgan fingerprint density at radius 1 is 1.10 bits per heavy atom. The first-order valence-electron chi connectivity index (χ1n) is 9.28. The van der Waals surface area contributed by atoms with Crippen molar-refractivity contribution in [3.05, 3.63) is 57.1 Å². The smallest absolute Gasteiger partial charge is 0.338 e. The van der Waals surface area contributed by atoms with Crippen LogP contribution in [0, 0.1) is 20.8 Å². The number of ether oxygens (including phenoxy) is 1. The number of aryl methyl sites for hydroxylation is 3. The molecule has 2 rings (SSSR count). The minimum absolute atomic E-state index is 0.0476. The van der Waals surface area contributed by atoms with E-state index in [9.17, 15) is 18.0 Å². The third kappa shape index (κ3) is 5.47. The number of likely N-dealkylation sites (N-methyl/N-ethyl adjacent to an activating group) is 1. The number of halogens is 1. The summed E-state index contributed by atoms with van der Waals surface area (Å²) in [6.45, 7) is 7.29. The van der Waals surface area contributed by atoms with Crippen LogP contribution in [0.5, 0.6) is 0 Å². The van der Waals surface area contributed by atoms with Crippen molar-refractivity contribution in [3.63, 3.8) is 0 Å². The Labute approximate surface area is 185 Å². The highest BCUT2D eigenvalue weighted by atomic mass is 79.9. The highest BCUT2D eigenvalue weighted by molar-refractivity contribution is 9.10. The average molecular weight is 497 g/mol. The molecule has 0 aliphatic rings. The standard InChI is InChI=1S/C21H25BrN2O5S/c1-6-29-21(26)16-7-8-18(17(22)11-16)30(27,28)24(5)12-19(25)23-20-14(3)9-13(2)10-15(20)4/h7-11H,6,12H2,1-5H3,(H,23,25). The average Bonchev–Trinajstić information content (AvgIpc) is 2.64. The maximum Gasteiger partial charge on any atom is 0.338 e. The number of sulfonamides is 1. The van der Waals surface area contributed by atoms with Crippen molar-refractivity contribution in [2.75, 3.05) is 25.5 Å². The molecule has 0 aromatic heterocycles. The van der Waals surface area contributed by atoms with Gasteiger partial charge in [0.2, 0.25) is 15.9 Å². The van der Waals surface area contributed by atoms with Crippen molar-refractivity contribution in [3.8, 4) is 0 Å². The number of hydrogen-bond donors (Lipinski definition) is 1.